The Morgan fingerprint density at radius 3 is 2.43 bits per heavy atom. The Hall–Kier alpha value is -0.980. The van der Waals surface area contributed by atoms with Crippen LogP contribution in [0.5, 0.6) is 0 Å². The van der Waals surface area contributed by atoms with Crippen LogP contribution in [-0.4, -0.2) is 31.9 Å². The molecule has 2 unspecified atom stereocenters. The molecule has 4 nitrogen and oxygen atoms in total. The summed E-state index contributed by atoms with van der Waals surface area (Å²) in [6, 6.07) is 2.51. The van der Waals surface area contributed by atoms with Gasteiger partial charge >= 0.3 is 0 Å². The number of benzene rings is 1. The first-order chi connectivity index (χ1) is 9.73. The van der Waals surface area contributed by atoms with E-state index in [4.69, 9.17) is 5.73 Å². The second-order valence-electron chi connectivity index (χ2n) is 5.99. The van der Waals surface area contributed by atoms with Crippen LogP contribution in [0.4, 0.5) is 4.39 Å². The standard InChI is InChI=1S/C15H23FN2O2S/c1-10-7-14(16)8-11(2)15(10)21(19,20)18-6-4-5-13(9-18)12(3)17/h7-8,12-13H,4-6,9,17H2,1-3H3. The molecule has 2 N–H and O–H groups in total. The summed E-state index contributed by atoms with van der Waals surface area (Å²) in [4.78, 5) is 0.231. The van der Waals surface area contributed by atoms with E-state index in [2.05, 4.69) is 0 Å². The Labute approximate surface area is 126 Å². The molecule has 1 aliphatic rings. The maximum Gasteiger partial charge on any atom is 0.243 e. The fraction of sp³-hybridized carbons (Fsp3) is 0.600. The predicted octanol–water partition coefficient (Wildman–Crippen LogP) is 2.19. The van der Waals surface area contributed by atoms with Gasteiger partial charge in [0, 0.05) is 19.1 Å². The highest BCUT2D eigenvalue weighted by Gasteiger charge is 2.33. The minimum absolute atomic E-state index is 0.0292. The minimum atomic E-state index is -3.60. The van der Waals surface area contributed by atoms with E-state index in [1.54, 1.807) is 13.8 Å². The zero-order valence-corrected chi connectivity index (χ0v) is 13.6. The van der Waals surface area contributed by atoms with Gasteiger partial charge in [-0.1, -0.05) is 0 Å². The van der Waals surface area contributed by atoms with Crippen LogP contribution >= 0.6 is 0 Å². The first-order valence-electron chi connectivity index (χ1n) is 7.26. The molecule has 0 aliphatic carbocycles. The highest BCUT2D eigenvalue weighted by molar-refractivity contribution is 7.89. The lowest BCUT2D eigenvalue weighted by Gasteiger charge is -2.34. The van der Waals surface area contributed by atoms with E-state index in [9.17, 15) is 12.8 Å². The van der Waals surface area contributed by atoms with Gasteiger partial charge in [-0.05, 0) is 62.8 Å². The summed E-state index contributed by atoms with van der Waals surface area (Å²) in [5.74, 6) is -0.231. The molecule has 0 aromatic heterocycles. The van der Waals surface area contributed by atoms with Gasteiger partial charge in [0.25, 0.3) is 0 Å². The first kappa shape index (κ1) is 16.4. The van der Waals surface area contributed by atoms with Crippen molar-refractivity contribution in [1.29, 1.82) is 0 Å². The number of rotatable bonds is 3. The molecule has 1 aromatic carbocycles. The molecule has 6 heteroatoms. The van der Waals surface area contributed by atoms with Gasteiger partial charge in [0.2, 0.25) is 10.0 Å². The Balaban J connectivity index is 2.39. The van der Waals surface area contributed by atoms with E-state index in [0.29, 0.717) is 24.2 Å². The topological polar surface area (TPSA) is 63.4 Å². The van der Waals surface area contributed by atoms with E-state index in [-0.39, 0.29) is 16.9 Å². The molecule has 1 aromatic rings. The van der Waals surface area contributed by atoms with Crippen LogP contribution in [0.25, 0.3) is 0 Å². The van der Waals surface area contributed by atoms with Crippen LogP contribution < -0.4 is 5.73 Å². The number of sulfonamides is 1. The summed E-state index contributed by atoms with van der Waals surface area (Å²) in [5.41, 5.74) is 6.83. The van der Waals surface area contributed by atoms with Crippen LogP contribution in [0, 0.1) is 25.6 Å². The highest BCUT2D eigenvalue weighted by Crippen LogP contribution is 2.29. The van der Waals surface area contributed by atoms with E-state index in [1.165, 1.54) is 16.4 Å². The van der Waals surface area contributed by atoms with Gasteiger partial charge < -0.3 is 5.73 Å². The number of hydrogen-bond acceptors (Lipinski definition) is 3. The molecular formula is C15H23FN2O2S. The number of piperidine rings is 1. The van der Waals surface area contributed by atoms with Crippen molar-refractivity contribution in [2.75, 3.05) is 13.1 Å². The molecule has 2 rings (SSSR count). The molecule has 0 saturated carbocycles. The summed E-state index contributed by atoms with van der Waals surface area (Å²) < 4.78 is 40.6. The molecule has 0 spiro atoms. The quantitative estimate of drug-likeness (QED) is 0.930. The average Bonchev–Trinajstić information content (AvgIpc) is 2.37. The molecule has 0 radical (unpaired) electrons. The van der Waals surface area contributed by atoms with Gasteiger partial charge in [-0.3, -0.25) is 0 Å². The van der Waals surface area contributed by atoms with Crippen LogP contribution in [0.15, 0.2) is 17.0 Å². The number of aryl methyl sites for hydroxylation is 2. The predicted molar refractivity (Wildman–Crippen MR) is 81.0 cm³/mol. The van der Waals surface area contributed by atoms with Crippen molar-refractivity contribution in [3.8, 4) is 0 Å². The average molecular weight is 314 g/mol. The van der Waals surface area contributed by atoms with E-state index in [0.717, 1.165) is 12.8 Å². The zero-order chi connectivity index (χ0) is 15.8. The Kier molecular flexibility index (Phi) is 4.70. The molecule has 1 heterocycles. The van der Waals surface area contributed by atoms with Crippen LogP contribution in [0.1, 0.15) is 30.9 Å². The van der Waals surface area contributed by atoms with Crippen LogP contribution in [0.3, 0.4) is 0 Å². The molecule has 1 saturated heterocycles. The highest BCUT2D eigenvalue weighted by atomic mass is 32.2. The molecular weight excluding hydrogens is 291 g/mol. The van der Waals surface area contributed by atoms with Crippen LogP contribution in [-0.2, 0) is 10.0 Å². The molecule has 0 bridgehead atoms. The summed E-state index contributed by atoms with van der Waals surface area (Å²) >= 11 is 0. The fourth-order valence-corrected chi connectivity index (χ4v) is 5.00. The molecule has 0 amide bonds. The molecule has 118 valence electrons. The zero-order valence-electron chi connectivity index (χ0n) is 12.8. The second kappa shape index (κ2) is 6.02. The van der Waals surface area contributed by atoms with Crippen molar-refractivity contribution >= 4 is 10.0 Å². The summed E-state index contributed by atoms with van der Waals surface area (Å²) in [5, 5.41) is 0. The third kappa shape index (κ3) is 3.27. The molecule has 21 heavy (non-hydrogen) atoms. The third-order valence-electron chi connectivity index (χ3n) is 4.19. The van der Waals surface area contributed by atoms with Gasteiger partial charge in [-0.25, -0.2) is 12.8 Å². The van der Waals surface area contributed by atoms with Gasteiger partial charge in [0.15, 0.2) is 0 Å². The Bertz CT molecular complexity index is 606. The van der Waals surface area contributed by atoms with Crippen molar-refractivity contribution in [2.24, 2.45) is 11.7 Å². The van der Waals surface area contributed by atoms with Crippen molar-refractivity contribution in [3.05, 3.63) is 29.1 Å². The molecule has 1 aliphatic heterocycles. The number of hydrogen-bond donors (Lipinski definition) is 1. The van der Waals surface area contributed by atoms with Gasteiger partial charge in [-0.2, -0.15) is 4.31 Å². The SMILES string of the molecule is Cc1cc(F)cc(C)c1S(=O)(=O)N1CCCC(C(C)N)C1. The Morgan fingerprint density at radius 1 is 1.33 bits per heavy atom. The minimum Gasteiger partial charge on any atom is -0.328 e. The normalized spacial score (nSPS) is 22.2. The van der Waals surface area contributed by atoms with Crippen molar-refractivity contribution in [1.82, 2.24) is 4.31 Å². The number of halogens is 1. The molecule has 1 fully saturated rings. The lowest BCUT2D eigenvalue weighted by Crippen LogP contribution is -2.45. The lowest BCUT2D eigenvalue weighted by molar-refractivity contribution is 0.243. The maximum absolute atomic E-state index is 13.4. The second-order valence-corrected chi connectivity index (χ2v) is 7.87. The lowest BCUT2D eigenvalue weighted by atomic mass is 9.93. The fourth-order valence-electron chi connectivity index (χ4n) is 3.05. The van der Waals surface area contributed by atoms with Crippen molar-refractivity contribution in [3.63, 3.8) is 0 Å². The largest absolute Gasteiger partial charge is 0.328 e. The van der Waals surface area contributed by atoms with E-state index >= 15 is 0 Å². The Morgan fingerprint density at radius 2 is 1.90 bits per heavy atom. The van der Waals surface area contributed by atoms with E-state index in [1.807, 2.05) is 6.92 Å². The smallest absolute Gasteiger partial charge is 0.243 e. The first-order valence-corrected chi connectivity index (χ1v) is 8.70. The summed E-state index contributed by atoms with van der Waals surface area (Å²) in [6.45, 7) is 6.12. The van der Waals surface area contributed by atoms with Gasteiger partial charge in [0.05, 0.1) is 4.90 Å². The maximum atomic E-state index is 13.4. The summed E-state index contributed by atoms with van der Waals surface area (Å²) in [7, 11) is -3.60. The van der Waals surface area contributed by atoms with Gasteiger partial charge in [0.1, 0.15) is 5.82 Å². The number of nitrogens with two attached hydrogens (primary N) is 1. The van der Waals surface area contributed by atoms with Crippen molar-refractivity contribution in [2.45, 2.75) is 44.6 Å². The number of nitrogens with zero attached hydrogens (tertiary/aromatic N) is 1. The van der Waals surface area contributed by atoms with Gasteiger partial charge in [-0.15, -0.1) is 0 Å². The van der Waals surface area contributed by atoms with Crippen molar-refractivity contribution < 1.29 is 12.8 Å². The summed E-state index contributed by atoms with van der Waals surface area (Å²) in [6.07, 6.45) is 1.76. The third-order valence-corrected chi connectivity index (χ3v) is 6.36. The molecule has 2 atom stereocenters. The van der Waals surface area contributed by atoms with Crippen LogP contribution in [0.2, 0.25) is 0 Å². The van der Waals surface area contributed by atoms with E-state index < -0.39 is 15.8 Å². The monoisotopic (exact) mass is 314 g/mol.